The van der Waals surface area contributed by atoms with Crippen LogP contribution >= 0.6 is 0 Å². The minimum Gasteiger partial charge on any atom is -0.398 e. The van der Waals surface area contributed by atoms with Crippen LogP contribution in [0.3, 0.4) is 0 Å². The Morgan fingerprint density at radius 2 is 1.27 bits per heavy atom. The summed E-state index contributed by atoms with van der Waals surface area (Å²) < 4.78 is 0. The second-order valence-corrected chi connectivity index (χ2v) is 7.38. The Kier molecular flexibility index (Phi) is 5.04. The molecular weight excluding hydrogens is 374 g/mol. The Hall–Kier alpha value is -3.60. The summed E-state index contributed by atoms with van der Waals surface area (Å²) >= 11 is 0. The van der Waals surface area contributed by atoms with Crippen LogP contribution in [-0.2, 0) is 0 Å². The van der Waals surface area contributed by atoms with Crippen LogP contribution in [-0.4, -0.2) is 31.7 Å². The number of carbonyl (C=O) groups is 2. The minimum absolute atomic E-state index is 0.172. The summed E-state index contributed by atoms with van der Waals surface area (Å²) in [6, 6.07) is 18.6. The molecule has 0 saturated carbocycles. The van der Waals surface area contributed by atoms with E-state index in [2.05, 4.69) is 30.9 Å². The van der Waals surface area contributed by atoms with Crippen molar-refractivity contribution in [2.75, 3.05) is 35.7 Å². The monoisotopic (exact) mass is 399 g/mol. The molecule has 152 valence electrons. The van der Waals surface area contributed by atoms with Gasteiger partial charge in [0.1, 0.15) is 0 Å². The lowest BCUT2D eigenvalue weighted by atomic mass is 9.82. The SMILES string of the molecule is CCN(CC)c1ccc(N(C)c2ccc(N)c3c2C(=O)c2ccccc2C3=O)cc1. The van der Waals surface area contributed by atoms with E-state index in [1.165, 1.54) is 0 Å². The summed E-state index contributed by atoms with van der Waals surface area (Å²) in [5, 5.41) is 0. The van der Waals surface area contributed by atoms with Crippen LogP contribution in [0.25, 0.3) is 0 Å². The van der Waals surface area contributed by atoms with Crippen LogP contribution < -0.4 is 15.5 Å². The van der Waals surface area contributed by atoms with Gasteiger partial charge in [-0.15, -0.1) is 0 Å². The fourth-order valence-corrected chi connectivity index (χ4v) is 4.13. The number of rotatable bonds is 5. The standard InChI is InChI=1S/C25H25N3O2/c1-4-28(5-2)17-12-10-16(11-13-17)27(3)21-15-14-20(26)22-23(21)25(30)19-9-7-6-8-18(19)24(22)29/h6-15H,4-5,26H2,1-3H3. The van der Waals surface area contributed by atoms with Crippen LogP contribution in [0.4, 0.5) is 22.7 Å². The van der Waals surface area contributed by atoms with Crippen LogP contribution in [0.1, 0.15) is 45.7 Å². The number of nitrogen functional groups attached to an aromatic ring is 1. The molecule has 0 radical (unpaired) electrons. The van der Waals surface area contributed by atoms with Crippen molar-refractivity contribution in [1.82, 2.24) is 0 Å². The van der Waals surface area contributed by atoms with E-state index < -0.39 is 0 Å². The van der Waals surface area contributed by atoms with Gasteiger partial charge in [0.2, 0.25) is 0 Å². The normalized spacial score (nSPS) is 12.4. The van der Waals surface area contributed by atoms with E-state index in [0.717, 1.165) is 24.5 Å². The van der Waals surface area contributed by atoms with Crippen molar-refractivity contribution in [3.8, 4) is 0 Å². The number of anilines is 4. The van der Waals surface area contributed by atoms with Gasteiger partial charge in [-0.05, 0) is 50.2 Å². The van der Waals surface area contributed by atoms with Crippen molar-refractivity contribution < 1.29 is 9.59 Å². The van der Waals surface area contributed by atoms with Crippen LogP contribution in [0.5, 0.6) is 0 Å². The molecule has 5 nitrogen and oxygen atoms in total. The molecule has 3 aromatic carbocycles. The van der Waals surface area contributed by atoms with Gasteiger partial charge in [0.15, 0.2) is 11.6 Å². The Labute approximate surface area is 176 Å². The average Bonchev–Trinajstić information content (AvgIpc) is 2.78. The smallest absolute Gasteiger partial charge is 0.196 e. The van der Waals surface area contributed by atoms with Crippen molar-refractivity contribution in [3.63, 3.8) is 0 Å². The van der Waals surface area contributed by atoms with E-state index in [1.54, 1.807) is 30.3 Å². The molecule has 0 bridgehead atoms. The lowest BCUT2D eigenvalue weighted by molar-refractivity contribution is 0.0980. The summed E-state index contributed by atoms with van der Waals surface area (Å²) in [5.74, 6) is -0.376. The molecule has 1 aliphatic carbocycles. The highest BCUT2D eigenvalue weighted by Crippen LogP contribution is 2.38. The molecule has 5 heteroatoms. The number of fused-ring (bicyclic) bond motifs is 2. The highest BCUT2D eigenvalue weighted by atomic mass is 16.1. The predicted molar refractivity (Wildman–Crippen MR) is 122 cm³/mol. The van der Waals surface area contributed by atoms with Gasteiger partial charge < -0.3 is 15.5 Å². The van der Waals surface area contributed by atoms with Gasteiger partial charge in [-0.25, -0.2) is 0 Å². The molecule has 2 N–H and O–H groups in total. The van der Waals surface area contributed by atoms with E-state index in [9.17, 15) is 9.59 Å². The predicted octanol–water partition coefficient (Wildman–Crippen LogP) is 4.66. The second-order valence-electron chi connectivity index (χ2n) is 7.38. The first kappa shape index (κ1) is 19.7. The lowest BCUT2D eigenvalue weighted by Crippen LogP contribution is -2.25. The number of hydrogen-bond donors (Lipinski definition) is 1. The van der Waals surface area contributed by atoms with Gasteiger partial charge in [-0.1, -0.05) is 24.3 Å². The number of nitrogens with two attached hydrogens (primary N) is 1. The summed E-state index contributed by atoms with van der Waals surface area (Å²) in [6.45, 7) is 6.13. The van der Waals surface area contributed by atoms with Gasteiger partial charge in [-0.3, -0.25) is 9.59 Å². The Balaban J connectivity index is 1.80. The number of hydrogen-bond acceptors (Lipinski definition) is 5. The summed E-state index contributed by atoms with van der Waals surface area (Å²) in [5.41, 5.74) is 10.7. The molecule has 0 amide bonds. The molecule has 4 rings (SSSR count). The molecule has 3 aromatic rings. The molecule has 1 aliphatic rings. The van der Waals surface area contributed by atoms with Gasteiger partial charge in [0, 0.05) is 48.3 Å². The fourth-order valence-electron chi connectivity index (χ4n) is 4.13. The maximum atomic E-state index is 13.3. The van der Waals surface area contributed by atoms with Gasteiger partial charge in [0.05, 0.1) is 16.8 Å². The molecule has 0 heterocycles. The van der Waals surface area contributed by atoms with Crippen LogP contribution in [0, 0.1) is 0 Å². The number of ketones is 2. The first-order chi connectivity index (χ1) is 14.5. The first-order valence-corrected chi connectivity index (χ1v) is 10.2. The second kappa shape index (κ2) is 7.67. The molecule has 0 fully saturated rings. The van der Waals surface area contributed by atoms with E-state index in [1.807, 2.05) is 30.1 Å². The molecule has 0 unspecified atom stereocenters. The molecule has 0 aromatic heterocycles. The maximum absolute atomic E-state index is 13.3. The highest BCUT2D eigenvalue weighted by Gasteiger charge is 2.34. The van der Waals surface area contributed by atoms with Gasteiger partial charge in [-0.2, -0.15) is 0 Å². The Morgan fingerprint density at radius 3 is 1.83 bits per heavy atom. The fraction of sp³-hybridized carbons (Fsp3) is 0.200. The van der Waals surface area contributed by atoms with E-state index in [0.29, 0.717) is 33.6 Å². The lowest BCUT2D eigenvalue weighted by Gasteiger charge is -2.28. The van der Waals surface area contributed by atoms with Crippen molar-refractivity contribution in [3.05, 3.63) is 82.9 Å². The van der Waals surface area contributed by atoms with Crippen LogP contribution in [0.2, 0.25) is 0 Å². The molecule has 0 spiro atoms. The number of nitrogens with zero attached hydrogens (tertiary/aromatic N) is 2. The van der Waals surface area contributed by atoms with Crippen molar-refractivity contribution in [2.45, 2.75) is 13.8 Å². The molecule has 0 saturated heterocycles. The third kappa shape index (κ3) is 3.03. The van der Waals surface area contributed by atoms with E-state index in [-0.39, 0.29) is 11.6 Å². The summed E-state index contributed by atoms with van der Waals surface area (Å²) in [4.78, 5) is 30.7. The van der Waals surface area contributed by atoms with E-state index >= 15 is 0 Å². The number of carbonyl (C=O) groups excluding carboxylic acids is 2. The number of benzene rings is 3. The molecular formula is C25H25N3O2. The summed E-state index contributed by atoms with van der Waals surface area (Å²) in [7, 11) is 1.90. The zero-order valence-corrected chi connectivity index (χ0v) is 17.5. The quantitative estimate of drug-likeness (QED) is 0.495. The Morgan fingerprint density at radius 1 is 0.733 bits per heavy atom. The minimum atomic E-state index is -0.204. The van der Waals surface area contributed by atoms with Gasteiger partial charge >= 0.3 is 0 Å². The molecule has 0 aliphatic heterocycles. The van der Waals surface area contributed by atoms with Crippen molar-refractivity contribution in [1.29, 1.82) is 0 Å². The van der Waals surface area contributed by atoms with Gasteiger partial charge in [0.25, 0.3) is 0 Å². The zero-order chi connectivity index (χ0) is 21.4. The van der Waals surface area contributed by atoms with E-state index in [4.69, 9.17) is 5.73 Å². The maximum Gasteiger partial charge on any atom is 0.196 e. The summed E-state index contributed by atoms with van der Waals surface area (Å²) in [6.07, 6.45) is 0. The third-order valence-corrected chi connectivity index (χ3v) is 5.81. The average molecular weight is 399 g/mol. The molecule has 30 heavy (non-hydrogen) atoms. The largest absolute Gasteiger partial charge is 0.398 e. The first-order valence-electron chi connectivity index (χ1n) is 10.2. The van der Waals surface area contributed by atoms with Crippen molar-refractivity contribution >= 4 is 34.3 Å². The van der Waals surface area contributed by atoms with Crippen molar-refractivity contribution in [2.24, 2.45) is 0 Å². The zero-order valence-electron chi connectivity index (χ0n) is 17.5. The highest BCUT2D eigenvalue weighted by molar-refractivity contribution is 6.31. The topological polar surface area (TPSA) is 66.6 Å². The van der Waals surface area contributed by atoms with Crippen LogP contribution in [0.15, 0.2) is 60.7 Å². The third-order valence-electron chi connectivity index (χ3n) is 5.81. The Bertz CT molecular complexity index is 1130. The molecule has 0 atom stereocenters.